The third-order valence-electron chi connectivity index (χ3n) is 7.43. The van der Waals surface area contributed by atoms with Gasteiger partial charge in [-0.05, 0) is 77.1 Å². The zero-order chi connectivity index (χ0) is 28.3. The minimum absolute atomic E-state index is 0.802. The number of rotatable bonds is 11. The van der Waals surface area contributed by atoms with Crippen LogP contribution >= 0.6 is 0 Å². The van der Waals surface area contributed by atoms with Gasteiger partial charge in [-0.3, -0.25) is 0 Å². The van der Waals surface area contributed by atoms with Gasteiger partial charge >= 0.3 is 0 Å². The molecule has 1 N–H and O–H groups in total. The number of nitrogens with one attached hydrogen (secondary N) is 1. The predicted octanol–water partition coefficient (Wildman–Crippen LogP) is 9.71. The Kier molecular flexibility index (Phi) is 9.47. The molecule has 0 heterocycles. The topological polar surface area (TPSA) is 15.3 Å². The molecule has 0 atom stereocenters. The molecule has 5 rings (SSSR count). The summed E-state index contributed by atoms with van der Waals surface area (Å²) in [6.45, 7) is 7.20. The van der Waals surface area contributed by atoms with E-state index in [9.17, 15) is 0 Å². The smallest absolute Gasteiger partial charge is 0.0400 e. The SMILES string of the molecule is CCN(CC)c1ccc(C(=CC=C(c2ccccc2)c2ccccc2)c2ccc(NCc3ccccc3)cc2)cc1. The van der Waals surface area contributed by atoms with Crippen molar-refractivity contribution < 1.29 is 0 Å². The van der Waals surface area contributed by atoms with Gasteiger partial charge in [-0.15, -0.1) is 0 Å². The van der Waals surface area contributed by atoms with Crippen molar-refractivity contribution in [1.29, 1.82) is 0 Å². The molecular weight excluding hydrogens is 496 g/mol. The van der Waals surface area contributed by atoms with Crippen molar-refractivity contribution in [3.63, 3.8) is 0 Å². The van der Waals surface area contributed by atoms with E-state index in [2.05, 4.69) is 176 Å². The van der Waals surface area contributed by atoms with Crippen LogP contribution in [-0.4, -0.2) is 13.1 Å². The van der Waals surface area contributed by atoms with Crippen LogP contribution < -0.4 is 10.2 Å². The van der Waals surface area contributed by atoms with Crippen LogP contribution in [0.15, 0.2) is 152 Å². The number of hydrogen-bond acceptors (Lipinski definition) is 2. The van der Waals surface area contributed by atoms with Gasteiger partial charge in [0, 0.05) is 31.0 Å². The highest BCUT2D eigenvalue weighted by Crippen LogP contribution is 2.30. The lowest BCUT2D eigenvalue weighted by atomic mass is 9.93. The molecule has 2 heteroatoms. The molecule has 5 aromatic carbocycles. The van der Waals surface area contributed by atoms with E-state index in [1.165, 1.54) is 44.7 Å². The predicted molar refractivity (Wildman–Crippen MR) is 177 cm³/mol. The maximum atomic E-state index is 3.56. The molecule has 0 saturated heterocycles. The van der Waals surface area contributed by atoms with Crippen LogP contribution in [0.5, 0.6) is 0 Å². The second-order valence-electron chi connectivity index (χ2n) is 10.0. The summed E-state index contributed by atoms with van der Waals surface area (Å²) in [5.74, 6) is 0. The summed E-state index contributed by atoms with van der Waals surface area (Å²) in [5, 5.41) is 3.56. The molecule has 2 nitrogen and oxygen atoms in total. The molecule has 5 aromatic rings. The van der Waals surface area contributed by atoms with Gasteiger partial charge in [-0.25, -0.2) is 0 Å². The van der Waals surface area contributed by atoms with Crippen LogP contribution in [0.4, 0.5) is 11.4 Å². The molecule has 41 heavy (non-hydrogen) atoms. The molecule has 0 radical (unpaired) electrons. The summed E-state index contributed by atoms with van der Waals surface area (Å²) in [5.41, 5.74) is 10.8. The van der Waals surface area contributed by atoms with Gasteiger partial charge in [0.1, 0.15) is 0 Å². The largest absolute Gasteiger partial charge is 0.381 e. The fraction of sp³-hybridized carbons (Fsp3) is 0.128. The Labute approximate surface area is 245 Å². The fourth-order valence-electron chi connectivity index (χ4n) is 5.13. The van der Waals surface area contributed by atoms with Crippen molar-refractivity contribution in [3.8, 4) is 0 Å². The Morgan fingerprint density at radius 1 is 0.512 bits per heavy atom. The highest BCUT2D eigenvalue weighted by Gasteiger charge is 2.09. The molecule has 0 aliphatic rings. The molecule has 0 aliphatic heterocycles. The summed E-state index contributed by atoms with van der Waals surface area (Å²) in [6, 6.07) is 49.5. The highest BCUT2D eigenvalue weighted by molar-refractivity contribution is 5.86. The average molecular weight is 535 g/mol. The van der Waals surface area contributed by atoms with E-state index in [-0.39, 0.29) is 0 Å². The van der Waals surface area contributed by atoms with Crippen LogP contribution in [0.2, 0.25) is 0 Å². The second-order valence-corrected chi connectivity index (χ2v) is 10.0. The third kappa shape index (κ3) is 7.23. The normalized spacial score (nSPS) is 11.1. The lowest BCUT2D eigenvalue weighted by Gasteiger charge is -2.21. The highest BCUT2D eigenvalue weighted by atomic mass is 15.1. The minimum Gasteiger partial charge on any atom is -0.381 e. The maximum absolute atomic E-state index is 3.56. The lowest BCUT2D eigenvalue weighted by Crippen LogP contribution is -2.21. The number of hydrogen-bond donors (Lipinski definition) is 1. The number of allylic oxidation sites excluding steroid dienone is 2. The maximum Gasteiger partial charge on any atom is 0.0400 e. The number of anilines is 2. The van der Waals surface area contributed by atoms with Crippen molar-refractivity contribution >= 4 is 22.5 Å². The Hall–Kier alpha value is -4.82. The summed E-state index contributed by atoms with van der Waals surface area (Å²) >= 11 is 0. The van der Waals surface area contributed by atoms with Crippen LogP contribution in [0, 0.1) is 0 Å². The molecule has 0 amide bonds. The van der Waals surface area contributed by atoms with Crippen LogP contribution in [-0.2, 0) is 6.54 Å². The first kappa shape index (κ1) is 27.7. The van der Waals surface area contributed by atoms with E-state index in [1.54, 1.807) is 0 Å². The Morgan fingerprint density at radius 2 is 0.927 bits per heavy atom. The van der Waals surface area contributed by atoms with Crippen molar-refractivity contribution in [2.45, 2.75) is 20.4 Å². The summed E-state index contributed by atoms with van der Waals surface area (Å²) in [4.78, 5) is 2.38. The number of benzene rings is 5. The molecule has 0 aromatic heterocycles. The Balaban J connectivity index is 1.52. The van der Waals surface area contributed by atoms with Gasteiger partial charge in [0.2, 0.25) is 0 Å². The van der Waals surface area contributed by atoms with E-state index in [4.69, 9.17) is 0 Å². The van der Waals surface area contributed by atoms with Gasteiger partial charge < -0.3 is 10.2 Å². The van der Waals surface area contributed by atoms with E-state index < -0.39 is 0 Å². The summed E-state index contributed by atoms with van der Waals surface area (Å²) in [7, 11) is 0. The standard InChI is InChI=1S/C39H38N2/c1-3-41(4-2)37-26-22-35(23-27-37)39(34-20-24-36(25-21-34)40-30-31-14-8-5-9-15-31)29-28-38(32-16-10-6-11-17-32)33-18-12-7-13-19-33/h5-29,40H,3-4,30H2,1-2H3. The minimum atomic E-state index is 0.802. The first-order valence-corrected chi connectivity index (χ1v) is 14.5. The quantitative estimate of drug-likeness (QED) is 0.170. The molecule has 0 unspecified atom stereocenters. The summed E-state index contributed by atoms with van der Waals surface area (Å²) < 4.78 is 0. The first-order chi connectivity index (χ1) is 20.2. The monoisotopic (exact) mass is 534 g/mol. The molecule has 0 spiro atoms. The van der Waals surface area contributed by atoms with Crippen LogP contribution in [0.3, 0.4) is 0 Å². The van der Waals surface area contributed by atoms with E-state index in [0.29, 0.717) is 0 Å². The molecular formula is C39H38N2. The number of nitrogens with zero attached hydrogens (tertiary/aromatic N) is 1. The average Bonchev–Trinajstić information content (AvgIpc) is 3.05. The molecule has 0 fully saturated rings. The molecule has 0 saturated carbocycles. The third-order valence-corrected chi connectivity index (χ3v) is 7.43. The fourth-order valence-corrected chi connectivity index (χ4v) is 5.13. The Bertz CT molecular complexity index is 1510. The van der Waals surface area contributed by atoms with Crippen molar-refractivity contribution in [1.82, 2.24) is 0 Å². The summed E-state index contributed by atoms with van der Waals surface area (Å²) in [6.07, 6.45) is 4.54. The van der Waals surface area contributed by atoms with Gasteiger partial charge in [0.05, 0.1) is 0 Å². The van der Waals surface area contributed by atoms with Gasteiger partial charge in [0.25, 0.3) is 0 Å². The van der Waals surface area contributed by atoms with E-state index in [1.807, 2.05) is 0 Å². The van der Waals surface area contributed by atoms with Gasteiger partial charge in [-0.2, -0.15) is 0 Å². The molecule has 0 bridgehead atoms. The van der Waals surface area contributed by atoms with Gasteiger partial charge in [-0.1, -0.05) is 127 Å². The van der Waals surface area contributed by atoms with Crippen LogP contribution in [0.1, 0.15) is 41.7 Å². The van der Waals surface area contributed by atoms with Gasteiger partial charge in [0.15, 0.2) is 0 Å². The first-order valence-electron chi connectivity index (χ1n) is 14.5. The van der Waals surface area contributed by atoms with E-state index in [0.717, 1.165) is 25.3 Å². The second kappa shape index (κ2) is 14.0. The Morgan fingerprint density at radius 3 is 1.39 bits per heavy atom. The van der Waals surface area contributed by atoms with Crippen molar-refractivity contribution in [2.75, 3.05) is 23.3 Å². The molecule has 0 aliphatic carbocycles. The van der Waals surface area contributed by atoms with E-state index >= 15 is 0 Å². The van der Waals surface area contributed by atoms with Crippen LogP contribution in [0.25, 0.3) is 11.1 Å². The zero-order valence-corrected chi connectivity index (χ0v) is 24.0. The van der Waals surface area contributed by atoms with Crippen molar-refractivity contribution in [3.05, 3.63) is 179 Å². The molecule has 204 valence electrons. The zero-order valence-electron chi connectivity index (χ0n) is 24.0. The lowest BCUT2D eigenvalue weighted by molar-refractivity contribution is 0.866. The van der Waals surface area contributed by atoms with Crippen molar-refractivity contribution in [2.24, 2.45) is 0 Å².